The third-order valence-electron chi connectivity index (χ3n) is 3.44. The molecule has 0 aliphatic carbocycles. The van der Waals surface area contributed by atoms with Gasteiger partial charge in [0.05, 0.1) is 6.61 Å². The number of unbranched alkanes of at least 4 members (excludes halogenated alkanes) is 2. The van der Waals surface area contributed by atoms with Gasteiger partial charge in [-0.05, 0) is 24.7 Å². The van der Waals surface area contributed by atoms with Gasteiger partial charge in [0, 0.05) is 6.42 Å². The smallest absolute Gasteiger partial charge is 0.305 e. The van der Waals surface area contributed by atoms with Crippen LogP contribution in [0, 0.1) is 11.8 Å². The molecule has 0 aromatic rings. The number of esters is 1. The van der Waals surface area contributed by atoms with E-state index >= 15 is 0 Å². The Hall–Kier alpha value is -0.530. The fraction of sp³-hybridized carbons (Fsp3) is 0.938. The maximum atomic E-state index is 11.6. The van der Waals surface area contributed by atoms with E-state index in [9.17, 15) is 4.79 Å². The number of rotatable bonds is 11. The zero-order valence-corrected chi connectivity index (χ0v) is 12.8. The van der Waals surface area contributed by atoms with Crippen molar-refractivity contribution in [1.82, 2.24) is 0 Å². The predicted molar refractivity (Wildman–Crippen MR) is 77.6 cm³/mol. The van der Waals surface area contributed by atoms with Crippen LogP contribution in [0.1, 0.15) is 79.1 Å². The minimum Gasteiger partial charge on any atom is -0.465 e. The molecule has 0 bridgehead atoms. The molecule has 2 nitrogen and oxygen atoms in total. The van der Waals surface area contributed by atoms with Crippen LogP contribution in [0.3, 0.4) is 0 Å². The maximum Gasteiger partial charge on any atom is 0.305 e. The van der Waals surface area contributed by atoms with Crippen molar-refractivity contribution in [3.8, 4) is 0 Å². The Labute approximate surface area is 113 Å². The lowest BCUT2D eigenvalue weighted by atomic mass is 10.0. The molecule has 0 rings (SSSR count). The van der Waals surface area contributed by atoms with E-state index in [2.05, 4.69) is 27.7 Å². The highest BCUT2D eigenvalue weighted by molar-refractivity contribution is 5.69. The van der Waals surface area contributed by atoms with Crippen LogP contribution in [0.15, 0.2) is 0 Å². The molecular formula is C16H32O2. The molecule has 2 heteroatoms. The number of carbonyl (C=O) groups excluding carboxylic acids is 1. The molecule has 0 fully saturated rings. The van der Waals surface area contributed by atoms with Crippen molar-refractivity contribution in [3.05, 3.63) is 0 Å². The number of hydrogen-bond donors (Lipinski definition) is 0. The highest BCUT2D eigenvalue weighted by atomic mass is 16.5. The van der Waals surface area contributed by atoms with Gasteiger partial charge in [-0.3, -0.25) is 4.79 Å². The van der Waals surface area contributed by atoms with E-state index in [1.807, 2.05) is 0 Å². The van der Waals surface area contributed by atoms with Crippen LogP contribution in [0.25, 0.3) is 0 Å². The van der Waals surface area contributed by atoms with Crippen LogP contribution in [-0.2, 0) is 9.53 Å². The molecule has 0 aromatic heterocycles. The van der Waals surface area contributed by atoms with E-state index in [0.29, 0.717) is 18.9 Å². The fourth-order valence-electron chi connectivity index (χ4n) is 2.00. The first-order valence-electron chi connectivity index (χ1n) is 7.75. The van der Waals surface area contributed by atoms with Gasteiger partial charge in [-0.2, -0.15) is 0 Å². The Morgan fingerprint density at radius 3 is 2.33 bits per heavy atom. The summed E-state index contributed by atoms with van der Waals surface area (Å²) in [4.78, 5) is 11.6. The van der Waals surface area contributed by atoms with Crippen molar-refractivity contribution in [1.29, 1.82) is 0 Å². The summed E-state index contributed by atoms with van der Waals surface area (Å²) in [7, 11) is 0. The van der Waals surface area contributed by atoms with Gasteiger partial charge in [0.25, 0.3) is 0 Å². The number of carbonyl (C=O) groups is 1. The standard InChI is InChI=1S/C16H32O2/c1-5-7-11-15(6-2)13-18-16(17)12-9-8-10-14(3)4/h14-15H,5-13H2,1-4H3. The molecule has 0 saturated carbocycles. The molecular weight excluding hydrogens is 224 g/mol. The van der Waals surface area contributed by atoms with E-state index in [1.165, 1.54) is 25.7 Å². The summed E-state index contributed by atoms with van der Waals surface area (Å²) in [6.07, 6.45) is 8.68. The van der Waals surface area contributed by atoms with Crippen molar-refractivity contribution >= 4 is 5.97 Å². The molecule has 18 heavy (non-hydrogen) atoms. The average Bonchev–Trinajstić information content (AvgIpc) is 2.34. The topological polar surface area (TPSA) is 26.3 Å². The molecule has 0 spiro atoms. The third kappa shape index (κ3) is 10.6. The summed E-state index contributed by atoms with van der Waals surface area (Å²) in [6, 6.07) is 0. The van der Waals surface area contributed by atoms with Crippen LogP contribution < -0.4 is 0 Å². The highest BCUT2D eigenvalue weighted by Crippen LogP contribution is 2.14. The lowest BCUT2D eigenvalue weighted by Crippen LogP contribution is -2.13. The van der Waals surface area contributed by atoms with E-state index in [-0.39, 0.29) is 5.97 Å². The van der Waals surface area contributed by atoms with Gasteiger partial charge in [-0.1, -0.05) is 59.8 Å². The van der Waals surface area contributed by atoms with Crippen molar-refractivity contribution in [2.24, 2.45) is 11.8 Å². The lowest BCUT2D eigenvalue weighted by molar-refractivity contribution is -0.145. The van der Waals surface area contributed by atoms with E-state index in [0.717, 1.165) is 25.2 Å². The summed E-state index contributed by atoms with van der Waals surface area (Å²) >= 11 is 0. The quantitative estimate of drug-likeness (QED) is 0.385. The van der Waals surface area contributed by atoms with Crippen molar-refractivity contribution < 1.29 is 9.53 Å². The van der Waals surface area contributed by atoms with Gasteiger partial charge in [0.15, 0.2) is 0 Å². The predicted octanol–water partition coefficient (Wildman–Crippen LogP) is 4.96. The molecule has 0 N–H and O–H groups in total. The summed E-state index contributed by atoms with van der Waals surface area (Å²) in [5, 5.41) is 0. The summed E-state index contributed by atoms with van der Waals surface area (Å²) in [6.45, 7) is 9.44. The Morgan fingerprint density at radius 1 is 1.06 bits per heavy atom. The summed E-state index contributed by atoms with van der Waals surface area (Å²) in [5.74, 6) is 1.29. The van der Waals surface area contributed by atoms with Crippen LogP contribution in [0.5, 0.6) is 0 Å². The van der Waals surface area contributed by atoms with Crippen LogP contribution >= 0.6 is 0 Å². The molecule has 0 amide bonds. The minimum absolute atomic E-state index is 0.00583. The first-order valence-corrected chi connectivity index (χ1v) is 7.75. The third-order valence-corrected chi connectivity index (χ3v) is 3.44. The molecule has 1 unspecified atom stereocenters. The Morgan fingerprint density at radius 2 is 1.78 bits per heavy atom. The van der Waals surface area contributed by atoms with Crippen LogP contribution in [0.2, 0.25) is 0 Å². The largest absolute Gasteiger partial charge is 0.465 e. The average molecular weight is 256 g/mol. The zero-order valence-electron chi connectivity index (χ0n) is 12.8. The molecule has 0 saturated heterocycles. The van der Waals surface area contributed by atoms with Gasteiger partial charge in [0.2, 0.25) is 0 Å². The first kappa shape index (κ1) is 17.5. The van der Waals surface area contributed by atoms with Crippen LogP contribution in [0.4, 0.5) is 0 Å². The first-order chi connectivity index (χ1) is 8.60. The summed E-state index contributed by atoms with van der Waals surface area (Å²) < 4.78 is 5.36. The molecule has 108 valence electrons. The van der Waals surface area contributed by atoms with Crippen molar-refractivity contribution in [2.75, 3.05) is 6.61 Å². The maximum absolute atomic E-state index is 11.6. The molecule has 0 heterocycles. The molecule has 0 aliphatic heterocycles. The van der Waals surface area contributed by atoms with Crippen LogP contribution in [-0.4, -0.2) is 12.6 Å². The second-order valence-electron chi connectivity index (χ2n) is 5.74. The van der Waals surface area contributed by atoms with Crippen molar-refractivity contribution in [2.45, 2.75) is 79.1 Å². The molecule has 0 aromatic carbocycles. The molecule has 0 radical (unpaired) electrons. The Bertz CT molecular complexity index is 199. The lowest BCUT2D eigenvalue weighted by Gasteiger charge is -2.14. The Kier molecular flexibility index (Phi) is 11.2. The van der Waals surface area contributed by atoms with Gasteiger partial charge in [-0.15, -0.1) is 0 Å². The van der Waals surface area contributed by atoms with Gasteiger partial charge in [0.1, 0.15) is 0 Å². The molecule has 0 aliphatic rings. The summed E-state index contributed by atoms with van der Waals surface area (Å²) in [5.41, 5.74) is 0. The van der Waals surface area contributed by atoms with E-state index in [1.54, 1.807) is 0 Å². The SMILES string of the molecule is CCCCC(CC)COC(=O)CCCCC(C)C. The molecule has 1 atom stereocenters. The zero-order chi connectivity index (χ0) is 13.8. The highest BCUT2D eigenvalue weighted by Gasteiger charge is 2.09. The van der Waals surface area contributed by atoms with Gasteiger partial charge >= 0.3 is 5.97 Å². The van der Waals surface area contributed by atoms with E-state index < -0.39 is 0 Å². The fourth-order valence-corrected chi connectivity index (χ4v) is 2.00. The Balaban J connectivity index is 3.55. The monoisotopic (exact) mass is 256 g/mol. The minimum atomic E-state index is -0.00583. The number of hydrogen-bond acceptors (Lipinski definition) is 2. The second kappa shape index (κ2) is 11.6. The van der Waals surface area contributed by atoms with Gasteiger partial charge < -0.3 is 4.74 Å². The second-order valence-corrected chi connectivity index (χ2v) is 5.74. The van der Waals surface area contributed by atoms with Gasteiger partial charge in [-0.25, -0.2) is 0 Å². The van der Waals surface area contributed by atoms with Crippen molar-refractivity contribution in [3.63, 3.8) is 0 Å². The van der Waals surface area contributed by atoms with E-state index in [4.69, 9.17) is 4.74 Å². The number of ether oxygens (including phenoxy) is 1. The normalized spacial score (nSPS) is 12.7.